The zero-order valence-electron chi connectivity index (χ0n) is 11.2. The van der Waals surface area contributed by atoms with Crippen molar-refractivity contribution in [3.05, 3.63) is 70.3 Å². The minimum Gasteiger partial charge on any atom is -0.380 e. The third-order valence-electron chi connectivity index (χ3n) is 3.52. The van der Waals surface area contributed by atoms with Gasteiger partial charge >= 0.3 is 0 Å². The van der Waals surface area contributed by atoms with Crippen molar-refractivity contribution >= 4 is 0 Å². The molecule has 0 heterocycles. The lowest BCUT2D eigenvalue weighted by molar-refractivity contribution is 0.0933. The van der Waals surface area contributed by atoms with Gasteiger partial charge in [0.15, 0.2) is 0 Å². The smallest absolute Gasteiger partial charge is 0.132 e. The van der Waals surface area contributed by atoms with Crippen LogP contribution in [0.15, 0.2) is 36.4 Å². The van der Waals surface area contributed by atoms with Crippen LogP contribution in [0.3, 0.4) is 0 Å². The quantitative estimate of drug-likeness (QED) is 0.872. The van der Waals surface area contributed by atoms with E-state index >= 15 is 0 Å². The predicted octanol–water partition coefficient (Wildman–Crippen LogP) is 3.84. The van der Waals surface area contributed by atoms with E-state index in [0.717, 1.165) is 23.3 Å². The van der Waals surface area contributed by atoms with Crippen molar-refractivity contribution in [1.29, 1.82) is 0 Å². The minimum absolute atomic E-state index is 0.321. The highest BCUT2D eigenvalue weighted by Crippen LogP contribution is 2.33. The molecule has 19 heavy (non-hydrogen) atoms. The summed E-state index contributed by atoms with van der Waals surface area (Å²) < 4.78 is 27.6. The largest absolute Gasteiger partial charge is 0.380 e. The van der Waals surface area contributed by atoms with E-state index in [0.29, 0.717) is 5.56 Å². The molecule has 0 fully saturated rings. The molecular formula is C16H16F2O. The molecule has 1 nitrogen and oxygen atoms in total. The number of halogens is 2. The lowest BCUT2D eigenvalue weighted by Crippen LogP contribution is -2.26. The van der Waals surface area contributed by atoms with Crippen LogP contribution in [0.2, 0.25) is 0 Å². The van der Waals surface area contributed by atoms with Crippen LogP contribution in [-0.2, 0) is 5.60 Å². The number of benzene rings is 2. The Bertz CT molecular complexity index is 598. The SMILES string of the molecule is Cc1ccc(C(C)(O)c2c(F)cccc2F)cc1C. The highest BCUT2D eigenvalue weighted by atomic mass is 19.1. The average Bonchev–Trinajstić information content (AvgIpc) is 2.32. The Hall–Kier alpha value is -1.74. The van der Waals surface area contributed by atoms with Gasteiger partial charge in [-0.05, 0) is 49.6 Å². The highest BCUT2D eigenvalue weighted by Gasteiger charge is 2.32. The molecule has 3 heteroatoms. The number of aryl methyl sites for hydroxylation is 2. The monoisotopic (exact) mass is 262 g/mol. The van der Waals surface area contributed by atoms with E-state index in [1.54, 1.807) is 12.1 Å². The van der Waals surface area contributed by atoms with Crippen LogP contribution in [0.5, 0.6) is 0 Å². The maximum absolute atomic E-state index is 13.8. The summed E-state index contributed by atoms with van der Waals surface area (Å²) >= 11 is 0. The second kappa shape index (κ2) is 4.74. The standard InChI is InChI=1S/C16H16F2O/c1-10-7-8-12(9-11(10)2)16(3,19)15-13(17)5-4-6-14(15)18/h4-9,19H,1-3H3. The normalized spacial score (nSPS) is 14.2. The molecule has 2 aromatic rings. The fourth-order valence-corrected chi connectivity index (χ4v) is 2.15. The second-order valence-electron chi connectivity index (χ2n) is 4.97. The molecule has 0 spiro atoms. The van der Waals surface area contributed by atoms with E-state index in [-0.39, 0.29) is 5.56 Å². The first-order valence-corrected chi connectivity index (χ1v) is 6.08. The summed E-state index contributed by atoms with van der Waals surface area (Å²) in [6.45, 7) is 5.24. The number of hydrogen-bond donors (Lipinski definition) is 1. The van der Waals surface area contributed by atoms with Crippen LogP contribution in [0.4, 0.5) is 8.78 Å². The van der Waals surface area contributed by atoms with Gasteiger partial charge in [0, 0.05) is 0 Å². The lowest BCUT2D eigenvalue weighted by Gasteiger charge is -2.26. The van der Waals surface area contributed by atoms with Gasteiger partial charge in [-0.25, -0.2) is 8.78 Å². The molecule has 0 aliphatic carbocycles. The molecule has 0 saturated heterocycles. The van der Waals surface area contributed by atoms with Crippen LogP contribution in [0.25, 0.3) is 0 Å². The van der Waals surface area contributed by atoms with Gasteiger partial charge in [-0.3, -0.25) is 0 Å². The minimum atomic E-state index is -1.70. The summed E-state index contributed by atoms with van der Waals surface area (Å²) in [4.78, 5) is 0. The Balaban J connectivity index is 2.61. The van der Waals surface area contributed by atoms with Crippen molar-refractivity contribution < 1.29 is 13.9 Å². The van der Waals surface area contributed by atoms with E-state index in [1.807, 2.05) is 19.9 Å². The van der Waals surface area contributed by atoms with Crippen molar-refractivity contribution in [3.8, 4) is 0 Å². The Morgan fingerprint density at radius 3 is 2.05 bits per heavy atom. The maximum atomic E-state index is 13.8. The third kappa shape index (κ3) is 2.38. The molecule has 1 N–H and O–H groups in total. The fraction of sp³-hybridized carbons (Fsp3) is 0.250. The van der Waals surface area contributed by atoms with Crippen LogP contribution < -0.4 is 0 Å². The first-order chi connectivity index (χ1) is 8.84. The molecule has 2 rings (SSSR count). The second-order valence-corrected chi connectivity index (χ2v) is 4.97. The van der Waals surface area contributed by atoms with Crippen LogP contribution in [-0.4, -0.2) is 5.11 Å². The molecule has 0 aromatic heterocycles. The molecule has 100 valence electrons. The van der Waals surface area contributed by atoms with E-state index in [4.69, 9.17) is 0 Å². The van der Waals surface area contributed by atoms with E-state index in [2.05, 4.69) is 0 Å². The van der Waals surface area contributed by atoms with Crippen molar-refractivity contribution in [2.75, 3.05) is 0 Å². The summed E-state index contributed by atoms with van der Waals surface area (Å²) in [5.41, 5.74) is 0.481. The van der Waals surface area contributed by atoms with E-state index in [1.165, 1.54) is 13.0 Å². The molecule has 0 aliphatic rings. The zero-order chi connectivity index (χ0) is 14.2. The van der Waals surface area contributed by atoms with Gasteiger partial charge in [0.1, 0.15) is 17.2 Å². The van der Waals surface area contributed by atoms with Gasteiger partial charge in [0.05, 0.1) is 5.56 Å². The van der Waals surface area contributed by atoms with Gasteiger partial charge in [-0.1, -0.05) is 24.3 Å². The summed E-state index contributed by atoms with van der Waals surface area (Å²) in [6.07, 6.45) is 0. The molecule has 0 bridgehead atoms. The van der Waals surface area contributed by atoms with Gasteiger partial charge in [0.25, 0.3) is 0 Å². The van der Waals surface area contributed by atoms with Gasteiger partial charge in [0.2, 0.25) is 0 Å². The Morgan fingerprint density at radius 1 is 0.947 bits per heavy atom. The van der Waals surface area contributed by atoms with E-state index < -0.39 is 17.2 Å². The fourth-order valence-electron chi connectivity index (χ4n) is 2.15. The van der Waals surface area contributed by atoms with Crippen LogP contribution in [0, 0.1) is 25.5 Å². The molecule has 0 amide bonds. The van der Waals surface area contributed by atoms with E-state index in [9.17, 15) is 13.9 Å². The number of rotatable bonds is 2. The van der Waals surface area contributed by atoms with Crippen LogP contribution >= 0.6 is 0 Å². The molecule has 1 unspecified atom stereocenters. The average molecular weight is 262 g/mol. The van der Waals surface area contributed by atoms with Gasteiger partial charge < -0.3 is 5.11 Å². The summed E-state index contributed by atoms with van der Waals surface area (Å²) in [5.74, 6) is -1.49. The summed E-state index contributed by atoms with van der Waals surface area (Å²) in [5, 5.41) is 10.6. The first-order valence-electron chi connectivity index (χ1n) is 6.08. The Morgan fingerprint density at radius 2 is 1.53 bits per heavy atom. The number of hydrogen-bond acceptors (Lipinski definition) is 1. The predicted molar refractivity (Wildman–Crippen MR) is 70.9 cm³/mol. The molecular weight excluding hydrogens is 246 g/mol. The van der Waals surface area contributed by atoms with Crippen molar-refractivity contribution in [2.24, 2.45) is 0 Å². The van der Waals surface area contributed by atoms with Crippen molar-refractivity contribution in [2.45, 2.75) is 26.4 Å². The van der Waals surface area contributed by atoms with Gasteiger partial charge in [-0.15, -0.1) is 0 Å². The number of aliphatic hydroxyl groups is 1. The summed E-state index contributed by atoms with van der Waals surface area (Å²) in [6, 6.07) is 8.85. The maximum Gasteiger partial charge on any atom is 0.132 e. The lowest BCUT2D eigenvalue weighted by atomic mass is 9.86. The summed E-state index contributed by atoms with van der Waals surface area (Å²) in [7, 11) is 0. The molecule has 0 aliphatic heterocycles. The first kappa shape index (κ1) is 13.7. The van der Waals surface area contributed by atoms with Crippen molar-refractivity contribution in [1.82, 2.24) is 0 Å². The van der Waals surface area contributed by atoms with Gasteiger partial charge in [-0.2, -0.15) is 0 Å². The molecule has 0 saturated carbocycles. The highest BCUT2D eigenvalue weighted by molar-refractivity contribution is 5.40. The molecule has 2 aromatic carbocycles. The van der Waals surface area contributed by atoms with Crippen LogP contribution in [0.1, 0.15) is 29.2 Å². The molecule has 1 atom stereocenters. The molecule has 0 radical (unpaired) electrons. The topological polar surface area (TPSA) is 20.2 Å². The zero-order valence-corrected chi connectivity index (χ0v) is 11.2. The van der Waals surface area contributed by atoms with Crippen molar-refractivity contribution in [3.63, 3.8) is 0 Å². The third-order valence-corrected chi connectivity index (χ3v) is 3.52. The Kier molecular flexibility index (Phi) is 3.42. The Labute approximate surface area is 111 Å².